The summed E-state index contributed by atoms with van der Waals surface area (Å²) in [6.07, 6.45) is 4.97. The Morgan fingerprint density at radius 2 is 1.96 bits per heavy atom. The van der Waals surface area contributed by atoms with Crippen LogP contribution in [0.4, 0.5) is 5.69 Å². The summed E-state index contributed by atoms with van der Waals surface area (Å²) in [5.74, 6) is 0.327. The van der Waals surface area contributed by atoms with E-state index >= 15 is 0 Å². The number of rotatable bonds is 4. The molecule has 0 aliphatic heterocycles. The smallest absolute Gasteiger partial charge is 0.228 e. The Bertz CT molecular complexity index is 875. The van der Waals surface area contributed by atoms with Gasteiger partial charge in [-0.15, -0.1) is 0 Å². The van der Waals surface area contributed by atoms with Crippen molar-refractivity contribution in [1.82, 2.24) is 14.8 Å². The predicted octanol–water partition coefficient (Wildman–Crippen LogP) is 4.06. The molecule has 0 aliphatic rings. The minimum Gasteiger partial charge on any atom is -0.323 e. The monoisotopic (exact) mass is 360 g/mol. The van der Waals surface area contributed by atoms with Crippen molar-refractivity contribution in [2.24, 2.45) is 0 Å². The molecule has 0 saturated heterocycles. The first-order valence-electron chi connectivity index (χ1n) is 7.23. The highest BCUT2D eigenvalue weighted by Gasteiger charge is 2.10. The van der Waals surface area contributed by atoms with Gasteiger partial charge in [0.05, 0.1) is 34.5 Å². The summed E-state index contributed by atoms with van der Waals surface area (Å²) in [7, 11) is 0. The number of benzene rings is 1. The van der Waals surface area contributed by atoms with Gasteiger partial charge in [-0.05, 0) is 18.6 Å². The fourth-order valence-electron chi connectivity index (χ4n) is 2.18. The second-order valence-electron chi connectivity index (χ2n) is 5.34. The van der Waals surface area contributed by atoms with Gasteiger partial charge in [0.25, 0.3) is 0 Å². The van der Waals surface area contributed by atoms with Crippen molar-refractivity contribution in [1.29, 1.82) is 0 Å². The van der Waals surface area contributed by atoms with Gasteiger partial charge in [0.1, 0.15) is 0 Å². The fraction of sp³-hybridized carbons (Fsp3) is 0.118. The number of halogens is 2. The molecule has 0 unspecified atom stereocenters. The van der Waals surface area contributed by atoms with Crippen molar-refractivity contribution < 1.29 is 4.79 Å². The molecule has 1 N–H and O–H groups in total. The summed E-state index contributed by atoms with van der Waals surface area (Å²) in [4.78, 5) is 16.3. The lowest BCUT2D eigenvalue weighted by Crippen LogP contribution is -2.13. The molecule has 1 amide bonds. The molecule has 2 aromatic heterocycles. The van der Waals surface area contributed by atoms with Gasteiger partial charge in [0.15, 0.2) is 5.82 Å². The molecule has 0 spiro atoms. The lowest BCUT2D eigenvalue weighted by molar-refractivity contribution is -0.115. The van der Waals surface area contributed by atoms with Gasteiger partial charge in [0, 0.05) is 6.20 Å². The maximum atomic E-state index is 12.1. The van der Waals surface area contributed by atoms with Crippen LogP contribution >= 0.6 is 23.2 Å². The third-order valence-corrected chi connectivity index (χ3v) is 3.84. The van der Waals surface area contributed by atoms with Crippen LogP contribution in [-0.4, -0.2) is 20.7 Å². The number of amides is 1. The van der Waals surface area contributed by atoms with Crippen LogP contribution in [0.5, 0.6) is 0 Å². The maximum absolute atomic E-state index is 12.1. The third-order valence-electron chi connectivity index (χ3n) is 3.36. The summed E-state index contributed by atoms with van der Waals surface area (Å²) in [5.41, 5.74) is 2.68. The standard InChI is InChI=1S/C17H14Cl2N4O/c1-11-2-4-12(5-3-11)6-16(24)22-14-9-21-23(10-14)17-15(19)7-13(18)8-20-17/h2-5,7-10H,6H2,1H3,(H,22,24). The molecule has 3 rings (SSSR count). The number of nitrogens with one attached hydrogen (secondary N) is 1. The van der Waals surface area contributed by atoms with E-state index in [0.29, 0.717) is 28.0 Å². The number of hydrogen-bond acceptors (Lipinski definition) is 3. The molecule has 2 heterocycles. The van der Waals surface area contributed by atoms with Crippen molar-refractivity contribution in [3.8, 4) is 5.82 Å². The van der Waals surface area contributed by atoms with E-state index in [1.54, 1.807) is 18.5 Å². The highest BCUT2D eigenvalue weighted by Crippen LogP contribution is 2.22. The Kier molecular flexibility index (Phi) is 4.83. The van der Waals surface area contributed by atoms with Gasteiger partial charge in [0.2, 0.25) is 5.91 Å². The quantitative estimate of drug-likeness (QED) is 0.762. The number of hydrogen-bond donors (Lipinski definition) is 1. The molecule has 0 bridgehead atoms. The van der Waals surface area contributed by atoms with Crippen LogP contribution in [-0.2, 0) is 11.2 Å². The first kappa shape index (κ1) is 16.5. The van der Waals surface area contributed by atoms with Crippen LogP contribution in [0.1, 0.15) is 11.1 Å². The van der Waals surface area contributed by atoms with Gasteiger partial charge in [-0.1, -0.05) is 53.0 Å². The van der Waals surface area contributed by atoms with E-state index in [9.17, 15) is 4.79 Å². The first-order chi connectivity index (χ1) is 11.5. The Labute approximate surface area is 149 Å². The van der Waals surface area contributed by atoms with Gasteiger partial charge in [-0.3, -0.25) is 4.79 Å². The molecule has 24 heavy (non-hydrogen) atoms. The lowest BCUT2D eigenvalue weighted by atomic mass is 10.1. The number of aromatic nitrogens is 3. The van der Waals surface area contributed by atoms with E-state index in [1.165, 1.54) is 10.9 Å². The molecule has 0 atom stereocenters. The average Bonchev–Trinajstić information content (AvgIpc) is 2.97. The van der Waals surface area contributed by atoms with Crippen molar-refractivity contribution in [3.63, 3.8) is 0 Å². The van der Waals surface area contributed by atoms with E-state index in [1.807, 2.05) is 31.2 Å². The highest BCUT2D eigenvalue weighted by molar-refractivity contribution is 6.35. The molecule has 0 saturated carbocycles. The number of nitrogens with zero attached hydrogens (tertiary/aromatic N) is 3. The van der Waals surface area contributed by atoms with Gasteiger partial charge in [-0.25, -0.2) is 9.67 Å². The molecule has 5 nitrogen and oxygen atoms in total. The lowest BCUT2D eigenvalue weighted by Gasteiger charge is -2.04. The van der Waals surface area contributed by atoms with Crippen molar-refractivity contribution >= 4 is 34.8 Å². The second-order valence-corrected chi connectivity index (χ2v) is 6.19. The molecule has 7 heteroatoms. The van der Waals surface area contributed by atoms with E-state index in [0.717, 1.165) is 11.1 Å². The molecule has 3 aromatic rings. The minimum absolute atomic E-state index is 0.117. The van der Waals surface area contributed by atoms with Crippen LogP contribution < -0.4 is 5.32 Å². The number of anilines is 1. The summed E-state index contributed by atoms with van der Waals surface area (Å²) >= 11 is 11.9. The molecule has 1 aromatic carbocycles. The number of carbonyl (C=O) groups excluding carboxylic acids is 1. The molecule has 122 valence electrons. The van der Waals surface area contributed by atoms with Gasteiger partial charge in [-0.2, -0.15) is 5.10 Å². The van der Waals surface area contributed by atoms with E-state index in [2.05, 4.69) is 15.4 Å². The SMILES string of the molecule is Cc1ccc(CC(=O)Nc2cnn(-c3ncc(Cl)cc3Cl)c2)cc1. The largest absolute Gasteiger partial charge is 0.323 e. The summed E-state index contributed by atoms with van der Waals surface area (Å²) in [5, 5.41) is 7.79. The zero-order valence-corrected chi connectivity index (χ0v) is 14.3. The zero-order chi connectivity index (χ0) is 17.1. The van der Waals surface area contributed by atoms with Crippen LogP contribution in [0.3, 0.4) is 0 Å². The Balaban J connectivity index is 1.69. The molecular formula is C17H14Cl2N4O. The van der Waals surface area contributed by atoms with E-state index < -0.39 is 0 Å². The van der Waals surface area contributed by atoms with Crippen LogP contribution in [0, 0.1) is 6.92 Å². The highest BCUT2D eigenvalue weighted by atomic mass is 35.5. The number of carbonyl (C=O) groups is 1. The van der Waals surface area contributed by atoms with E-state index in [4.69, 9.17) is 23.2 Å². The van der Waals surface area contributed by atoms with E-state index in [-0.39, 0.29) is 5.91 Å². The van der Waals surface area contributed by atoms with Gasteiger partial charge >= 0.3 is 0 Å². The second kappa shape index (κ2) is 7.03. The maximum Gasteiger partial charge on any atom is 0.228 e. The first-order valence-corrected chi connectivity index (χ1v) is 7.98. The minimum atomic E-state index is -0.117. The van der Waals surface area contributed by atoms with Crippen molar-refractivity contribution in [3.05, 3.63) is 70.1 Å². The van der Waals surface area contributed by atoms with Crippen molar-refractivity contribution in [2.75, 3.05) is 5.32 Å². The van der Waals surface area contributed by atoms with Crippen LogP contribution in [0.2, 0.25) is 10.0 Å². The molecular weight excluding hydrogens is 347 g/mol. The van der Waals surface area contributed by atoms with Gasteiger partial charge < -0.3 is 5.32 Å². The zero-order valence-electron chi connectivity index (χ0n) is 12.8. The Morgan fingerprint density at radius 3 is 2.67 bits per heavy atom. The Morgan fingerprint density at radius 1 is 1.21 bits per heavy atom. The summed E-state index contributed by atoms with van der Waals surface area (Å²) < 4.78 is 1.49. The van der Waals surface area contributed by atoms with Crippen LogP contribution in [0.25, 0.3) is 5.82 Å². The normalized spacial score (nSPS) is 10.6. The molecule has 0 radical (unpaired) electrons. The Hall–Kier alpha value is -2.37. The molecule has 0 aliphatic carbocycles. The summed E-state index contributed by atoms with van der Waals surface area (Å²) in [6.45, 7) is 2.01. The number of aryl methyl sites for hydroxylation is 1. The third kappa shape index (κ3) is 3.93. The summed E-state index contributed by atoms with van der Waals surface area (Å²) in [6, 6.07) is 9.43. The predicted molar refractivity (Wildman–Crippen MR) is 94.9 cm³/mol. The van der Waals surface area contributed by atoms with Crippen molar-refractivity contribution in [2.45, 2.75) is 13.3 Å². The molecule has 0 fully saturated rings. The fourth-order valence-corrected chi connectivity index (χ4v) is 2.64. The topological polar surface area (TPSA) is 59.8 Å². The average molecular weight is 361 g/mol. The number of pyridine rings is 1. The van der Waals surface area contributed by atoms with Crippen LogP contribution in [0.15, 0.2) is 48.9 Å².